The molecule has 2 aromatic carbocycles. The normalized spacial score (nSPS) is 15.9. The Bertz CT molecular complexity index is 906. The Morgan fingerprint density at radius 2 is 1.65 bits per heavy atom. The topological polar surface area (TPSA) is 20.9 Å². The summed E-state index contributed by atoms with van der Waals surface area (Å²) in [6.45, 7) is 0.683. The smallest absolute Gasteiger partial charge is 0.173 e. The molecule has 0 radical (unpaired) electrons. The first-order valence-electron chi connectivity index (χ1n) is 8.56. The Kier molecular flexibility index (Phi) is 5.62. The van der Waals surface area contributed by atoms with Crippen molar-refractivity contribution in [3.8, 4) is 0 Å². The molecule has 0 fully saturated rings. The number of Topliss-reactive ketones (excluding diaryl/α,β-unsaturated/α-hetero) is 1. The Morgan fingerprint density at radius 3 is 2.38 bits per heavy atom. The van der Waals surface area contributed by atoms with Gasteiger partial charge in [0.05, 0.1) is 0 Å². The van der Waals surface area contributed by atoms with E-state index in [4.69, 9.17) is 0 Å². The molecule has 1 atom stereocenters. The zero-order valence-electron chi connectivity index (χ0n) is 14.2. The van der Waals surface area contributed by atoms with Gasteiger partial charge in [0, 0.05) is 29.2 Å². The summed E-state index contributed by atoms with van der Waals surface area (Å²) in [6, 6.07) is 18.5. The van der Waals surface area contributed by atoms with Crippen LogP contribution in [0.3, 0.4) is 0 Å². The van der Waals surface area contributed by atoms with Crippen LogP contribution in [0.15, 0.2) is 73.1 Å². The highest BCUT2D eigenvalue weighted by Crippen LogP contribution is 2.32. The molecule has 1 aromatic heterocycles. The van der Waals surface area contributed by atoms with Crippen LogP contribution in [-0.4, -0.2) is 5.78 Å². The summed E-state index contributed by atoms with van der Waals surface area (Å²) in [5.41, 5.74) is 4.13. The summed E-state index contributed by atoms with van der Waals surface area (Å²) in [5.74, 6) is -0.0614. The Morgan fingerprint density at radius 1 is 0.962 bits per heavy atom. The zero-order valence-corrected chi connectivity index (χ0v) is 15.8. The molecule has 0 bridgehead atoms. The van der Waals surface area contributed by atoms with Crippen molar-refractivity contribution in [2.45, 2.75) is 25.3 Å². The lowest BCUT2D eigenvalue weighted by Crippen LogP contribution is -3.00. The molecule has 0 amide bonds. The van der Waals surface area contributed by atoms with Gasteiger partial charge in [-0.25, -0.2) is 8.96 Å². The van der Waals surface area contributed by atoms with Gasteiger partial charge in [0.15, 0.2) is 24.7 Å². The average Bonchev–Trinajstić information content (AvgIpc) is 2.65. The van der Waals surface area contributed by atoms with Crippen LogP contribution in [-0.2, 0) is 13.0 Å². The standard InChI is InChI=1S/C22H19FNO.BrH/c23-19-8-5-16(6-9-19)15-24-13-11-18(12-14-24)21-10-7-17-3-1-2-4-20(17)22(21)25;/h1-6,8-9,11-14,21H,7,10,15H2;1H/q+1;/p-1. The van der Waals surface area contributed by atoms with Crippen LogP contribution >= 0.6 is 0 Å². The van der Waals surface area contributed by atoms with Crippen molar-refractivity contribution in [3.05, 3.63) is 101 Å². The van der Waals surface area contributed by atoms with Gasteiger partial charge in [-0.05, 0) is 48.2 Å². The highest BCUT2D eigenvalue weighted by atomic mass is 79.9. The molecule has 0 aliphatic heterocycles. The van der Waals surface area contributed by atoms with Gasteiger partial charge < -0.3 is 17.0 Å². The fourth-order valence-electron chi connectivity index (χ4n) is 3.52. The van der Waals surface area contributed by atoms with Gasteiger partial charge in [-0.3, -0.25) is 4.79 Å². The molecular formula is C22H19BrFNO. The van der Waals surface area contributed by atoms with E-state index in [0.717, 1.165) is 35.1 Å². The molecule has 1 aliphatic rings. The van der Waals surface area contributed by atoms with Crippen LogP contribution in [0.1, 0.15) is 39.4 Å². The minimum atomic E-state index is -0.222. The van der Waals surface area contributed by atoms with Gasteiger partial charge >= 0.3 is 0 Å². The van der Waals surface area contributed by atoms with E-state index in [9.17, 15) is 9.18 Å². The molecule has 1 heterocycles. The molecule has 0 saturated heterocycles. The molecule has 1 aliphatic carbocycles. The predicted molar refractivity (Wildman–Crippen MR) is 94.0 cm³/mol. The second-order valence-electron chi connectivity index (χ2n) is 6.54. The molecule has 0 spiro atoms. The number of hydrogen-bond donors (Lipinski definition) is 0. The molecule has 2 nitrogen and oxygen atoms in total. The third kappa shape index (κ3) is 3.75. The number of carbonyl (C=O) groups excluding carboxylic acids is 1. The lowest BCUT2D eigenvalue weighted by atomic mass is 9.79. The number of benzene rings is 2. The summed E-state index contributed by atoms with van der Waals surface area (Å²) in [6.07, 6.45) is 5.79. The van der Waals surface area contributed by atoms with Crippen LogP contribution in [0.2, 0.25) is 0 Å². The van der Waals surface area contributed by atoms with Crippen molar-refractivity contribution in [2.24, 2.45) is 0 Å². The fraction of sp³-hybridized carbons (Fsp3) is 0.182. The quantitative estimate of drug-likeness (QED) is 0.590. The number of pyridine rings is 1. The highest BCUT2D eigenvalue weighted by Gasteiger charge is 2.28. The van der Waals surface area contributed by atoms with Crippen LogP contribution in [0.5, 0.6) is 0 Å². The number of hydrogen-bond acceptors (Lipinski definition) is 1. The van der Waals surface area contributed by atoms with Gasteiger partial charge in [0.25, 0.3) is 0 Å². The molecule has 4 rings (SSSR count). The SMILES string of the molecule is O=C1c2ccccc2CCC1c1cc[n+](Cc2ccc(F)cc2)cc1.[Br-]. The Balaban J connectivity index is 0.00000196. The third-order valence-corrected chi connectivity index (χ3v) is 4.90. The van der Waals surface area contributed by atoms with E-state index < -0.39 is 0 Å². The number of nitrogens with zero attached hydrogens (tertiary/aromatic N) is 1. The van der Waals surface area contributed by atoms with E-state index in [1.54, 1.807) is 12.1 Å². The Labute approximate surface area is 163 Å². The summed E-state index contributed by atoms with van der Waals surface area (Å²) >= 11 is 0. The molecule has 0 saturated carbocycles. The molecular weight excluding hydrogens is 393 g/mol. The van der Waals surface area contributed by atoms with E-state index in [2.05, 4.69) is 0 Å². The van der Waals surface area contributed by atoms with E-state index in [0.29, 0.717) is 6.54 Å². The maximum atomic E-state index is 13.0. The van der Waals surface area contributed by atoms with Crippen LogP contribution in [0.25, 0.3) is 0 Å². The first-order valence-corrected chi connectivity index (χ1v) is 8.56. The van der Waals surface area contributed by atoms with Gasteiger partial charge in [-0.2, -0.15) is 0 Å². The van der Waals surface area contributed by atoms with Crippen LogP contribution < -0.4 is 21.5 Å². The van der Waals surface area contributed by atoms with Gasteiger partial charge in [-0.1, -0.05) is 24.3 Å². The van der Waals surface area contributed by atoms with Crippen molar-refractivity contribution in [1.29, 1.82) is 0 Å². The summed E-state index contributed by atoms with van der Waals surface area (Å²) in [7, 11) is 0. The minimum absolute atomic E-state index is 0. The number of carbonyl (C=O) groups is 1. The highest BCUT2D eigenvalue weighted by molar-refractivity contribution is 6.03. The van der Waals surface area contributed by atoms with E-state index in [-0.39, 0.29) is 34.5 Å². The molecule has 26 heavy (non-hydrogen) atoms. The molecule has 3 aromatic rings. The van der Waals surface area contributed by atoms with Crippen molar-refractivity contribution < 1.29 is 30.7 Å². The van der Waals surface area contributed by atoms with Crippen molar-refractivity contribution >= 4 is 5.78 Å². The number of aryl methyl sites for hydroxylation is 1. The lowest BCUT2D eigenvalue weighted by molar-refractivity contribution is -0.688. The lowest BCUT2D eigenvalue weighted by Gasteiger charge is -2.23. The first-order chi connectivity index (χ1) is 12.2. The van der Waals surface area contributed by atoms with Crippen molar-refractivity contribution in [3.63, 3.8) is 0 Å². The fourth-order valence-corrected chi connectivity index (χ4v) is 3.52. The molecule has 4 heteroatoms. The second-order valence-corrected chi connectivity index (χ2v) is 6.54. The largest absolute Gasteiger partial charge is 1.00 e. The average molecular weight is 412 g/mol. The number of rotatable bonds is 3. The van der Waals surface area contributed by atoms with E-state index in [1.807, 2.05) is 53.4 Å². The number of aromatic nitrogens is 1. The maximum absolute atomic E-state index is 13.0. The second kappa shape index (κ2) is 7.92. The predicted octanol–water partition coefficient (Wildman–Crippen LogP) is 1.08. The summed E-state index contributed by atoms with van der Waals surface area (Å²) in [4.78, 5) is 12.8. The molecule has 132 valence electrons. The van der Waals surface area contributed by atoms with Gasteiger partial charge in [0.1, 0.15) is 5.82 Å². The number of fused-ring (bicyclic) bond motifs is 1. The minimum Gasteiger partial charge on any atom is -1.00 e. The van der Waals surface area contributed by atoms with E-state index in [1.165, 1.54) is 12.1 Å². The van der Waals surface area contributed by atoms with E-state index >= 15 is 0 Å². The van der Waals surface area contributed by atoms with Crippen LogP contribution in [0, 0.1) is 5.82 Å². The monoisotopic (exact) mass is 411 g/mol. The Hall–Kier alpha value is -2.33. The third-order valence-electron chi connectivity index (χ3n) is 4.90. The first kappa shape index (κ1) is 18.5. The van der Waals surface area contributed by atoms with Crippen molar-refractivity contribution in [2.75, 3.05) is 0 Å². The maximum Gasteiger partial charge on any atom is 0.173 e. The summed E-state index contributed by atoms with van der Waals surface area (Å²) in [5, 5.41) is 0. The number of halogens is 2. The van der Waals surface area contributed by atoms with Crippen molar-refractivity contribution in [1.82, 2.24) is 0 Å². The summed E-state index contributed by atoms with van der Waals surface area (Å²) < 4.78 is 15.0. The molecule has 1 unspecified atom stereocenters. The van der Waals surface area contributed by atoms with Gasteiger partial charge in [-0.15, -0.1) is 0 Å². The molecule has 0 N–H and O–H groups in total. The zero-order chi connectivity index (χ0) is 17.2. The number of ketones is 1. The van der Waals surface area contributed by atoms with Crippen LogP contribution in [0.4, 0.5) is 4.39 Å². The van der Waals surface area contributed by atoms with Gasteiger partial charge in [0.2, 0.25) is 0 Å².